The molecule has 0 aromatic carbocycles. The molecule has 0 unspecified atom stereocenters. The Morgan fingerprint density at radius 3 is 1.69 bits per heavy atom. The van der Waals surface area contributed by atoms with Crippen LogP contribution in [0.1, 0.15) is 0 Å². The second-order valence-corrected chi connectivity index (χ2v) is 10.1. The molecular weight excluding hydrogens is 420 g/mol. The standard InChI is InChI=1S/C17H19N3O7P2/c21-28(22,23)11-9-19-5-1-14(2-6-19)16-13-17(27-18-16)15-3-7-20(8-4-15)10-12-29(24,25)26/h1-8,13H,9-12H2,(H2-2,21,22,23,24,25,26)/p+2. The Bertz CT molecular complexity index is 971. The highest BCUT2D eigenvalue weighted by molar-refractivity contribution is 7.51. The third-order valence-electron chi connectivity index (χ3n) is 4.17. The smallest absolute Gasteiger partial charge is 0.331 e. The van der Waals surface area contributed by atoms with E-state index in [1.165, 1.54) is 0 Å². The maximum Gasteiger partial charge on any atom is 0.331 e. The lowest BCUT2D eigenvalue weighted by Crippen LogP contribution is -2.34. The predicted molar refractivity (Wildman–Crippen MR) is 102 cm³/mol. The first-order valence-electron chi connectivity index (χ1n) is 8.64. The van der Waals surface area contributed by atoms with Crippen LogP contribution in [-0.2, 0) is 22.2 Å². The minimum absolute atomic E-state index is 0.207. The van der Waals surface area contributed by atoms with Crippen molar-refractivity contribution in [2.24, 2.45) is 0 Å². The van der Waals surface area contributed by atoms with Crippen molar-refractivity contribution in [3.63, 3.8) is 0 Å². The zero-order valence-electron chi connectivity index (χ0n) is 15.3. The van der Waals surface area contributed by atoms with Gasteiger partial charge in [-0.3, -0.25) is 9.13 Å². The molecule has 0 bridgehead atoms. The second kappa shape index (κ2) is 8.67. The molecule has 0 fully saturated rings. The number of nitrogens with zero attached hydrogens (tertiary/aromatic N) is 3. The third-order valence-corrected chi connectivity index (χ3v) is 5.74. The van der Waals surface area contributed by atoms with Crippen molar-refractivity contribution in [2.45, 2.75) is 13.1 Å². The summed E-state index contributed by atoms with van der Waals surface area (Å²) < 4.78 is 30.6. The van der Waals surface area contributed by atoms with E-state index < -0.39 is 15.2 Å². The van der Waals surface area contributed by atoms with Gasteiger partial charge in [-0.15, -0.1) is 0 Å². The van der Waals surface area contributed by atoms with E-state index in [4.69, 9.17) is 24.1 Å². The van der Waals surface area contributed by atoms with Gasteiger partial charge in [0.15, 0.2) is 43.6 Å². The van der Waals surface area contributed by atoms with Crippen molar-refractivity contribution in [3.05, 3.63) is 55.1 Å². The second-order valence-electron chi connectivity index (χ2n) is 6.50. The zero-order valence-corrected chi connectivity index (χ0v) is 17.1. The van der Waals surface area contributed by atoms with E-state index in [1.54, 1.807) is 64.3 Å². The normalized spacial score (nSPS) is 12.3. The average molecular weight is 441 g/mol. The fraction of sp³-hybridized carbons (Fsp3) is 0.235. The Labute approximate surface area is 166 Å². The van der Waals surface area contributed by atoms with Crippen LogP contribution in [-0.4, -0.2) is 37.1 Å². The Balaban J connectivity index is 1.67. The first-order chi connectivity index (χ1) is 13.6. The van der Waals surface area contributed by atoms with Gasteiger partial charge in [0.1, 0.15) is 18.0 Å². The molecule has 0 spiro atoms. The van der Waals surface area contributed by atoms with Gasteiger partial charge in [-0.1, -0.05) is 5.16 Å². The molecule has 0 radical (unpaired) electrons. The minimum Gasteiger partial charge on any atom is -0.356 e. The number of hydrogen-bond acceptors (Lipinski definition) is 4. The number of pyridine rings is 2. The van der Waals surface area contributed by atoms with Crippen LogP contribution in [0, 0.1) is 0 Å². The fourth-order valence-corrected chi connectivity index (χ4v) is 3.57. The van der Waals surface area contributed by atoms with Crippen molar-refractivity contribution in [2.75, 3.05) is 12.3 Å². The summed E-state index contributed by atoms with van der Waals surface area (Å²) in [6.45, 7) is 0.416. The summed E-state index contributed by atoms with van der Waals surface area (Å²) in [5.41, 5.74) is 2.17. The first-order valence-corrected chi connectivity index (χ1v) is 12.2. The lowest BCUT2D eigenvalue weighted by molar-refractivity contribution is -0.692. The van der Waals surface area contributed by atoms with Crippen LogP contribution in [0.25, 0.3) is 22.6 Å². The molecule has 3 heterocycles. The van der Waals surface area contributed by atoms with Gasteiger partial charge in [0.05, 0.1) is 0 Å². The molecule has 0 aliphatic rings. The van der Waals surface area contributed by atoms with Gasteiger partial charge >= 0.3 is 15.2 Å². The monoisotopic (exact) mass is 441 g/mol. The van der Waals surface area contributed by atoms with Crippen LogP contribution >= 0.6 is 15.2 Å². The topological polar surface area (TPSA) is 149 Å². The van der Waals surface area contributed by atoms with E-state index in [0.29, 0.717) is 11.5 Å². The highest BCUT2D eigenvalue weighted by Gasteiger charge is 2.18. The molecule has 3 aromatic rings. The maximum atomic E-state index is 11.0. The summed E-state index contributed by atoms with van der Waals surface area (Å²) in [6.07, 6.45) is 6.38. The van der Waals surface area contributed by atoms with E-state index >= 15 is 0 Å². The van der Waals surface area contributed by atoms with Crippen molar-refractivity contribution < 1.29 is 42.4 Å². The van der Waals surface area contributed by atoms with Gasteiger partial charge in [-0.25, -0.2) is 9.13 Å². The van der Waals surface area contributed by atoms with E-state index in [-0.39, 0.29) is 25.4 Å². The van der Waals surface area contributed by atoms with Crippen LogP contribution in [0.3, 0.4) is 0 Å². The average Bonchev–Trinajstić information content (AvgIpc) is 3.14. The predicted octanol–water partition coefficient (Wildman–Crippen LogP) is 0.939. The Hall–Kier alpha value is -2.19. The van der Waals surface area contributed by atoms with Crippen LogP contribution in [0.2, 0.25) is 0 Å². The van der Waals surface area contributed by atoms with Crippen molar-refractivity contribution in [1.29, 1.82) is 0 Å². The fourth-order valence-electron chi connectivity index (χ4n) is 2.59. The van der Waals surface area contributed by atoms with Crippen LogP contribution < -0.4 is 9.13 Å². The Morgan fingerprint density at radius 1 is 0.793 bits per heavy atom. The molecule has 0 saturated heterocycles. The van der Waals surface area contributed by atoms with Crippen LogP contribution in [0.15, 0.2) is 59.6 Å². The molecule has 0 aliphatic heterocycles. The van der Waals surface area contributed by atoms with Crippen LogP contribution in [0.4, 0.5) is 0 Å². The maximum absolute atomic E-state index is 11.0. The number of rotatable bonds is 8. The molecule has 154 valence electrons. The molecule has 12 heteroatoms. The summed E-state index contributed by atoms with van der Waals surface area (Å²) >= 11 is 0. The summed E-state index contributed by atoms with van der Waals surface area (Å²) in [6, 6.07) is 8.87. The number of aromatic nitrogens is 3. The molecule has 10 nitrogen and oxygen atoms in total. The molecule has 0 aliphatic carbocycles. The van der Waals surface area contributed by atoms with Gasteiger partial charge < -0.3 is 24.1 Å². The molecule has 29 heavy (non-hydrogen) atoms. The van der Waals surface area contributed by atoms with E-state index in [1.807, 2.05) is 0 Å². The lowest BCUT2D eigenvalue weighted by Gasteiger charge is -2.01. The van der Waals surface area contributed by atoms with Crippen LogP contribution in [0.5, 0.6) is 0 Å². The van der Waals surface area contributed by atoms with Gasteiger partial charge in [-0.2, -0.15) is 0 Å². The first kappa shape index (κ1) is 21.5. The van der Waals surface area contributed by atoms with Crippen molar-refractivity contribution in [1.82, 2.24) is 5.16 Å². The molecule has 0 amide bonds. The van der Waals surface area contributed by atoms with Crippen molar-refractivity contribution >= 4 is 15.2 Å². The minimum atomic E-state index is -4.04. The van der Waals surface area contributed by atoms with E-state index in [2.05, 4.69) is 5.16 Å². The zero-order chi connectivity index (χ0) is 21.1. The summed E-state index contributed by atoms with van der Waals surface area (Å²) in [5.74, 6) is 0.542. The molecule has 0 saturated carbocycles. The molecule has 0 atom stereocenters. The third kappa shape index (κ3) is 6.68. The SMILES string of the molecule is O=P(O)(O)CC[n+]1ccc(-c2cc(-c3cc[n+](CCP(=O)(O)O)cc3)on2)cc1. The largest absolute Gasteiger partial charge is 0.356 e. The lowest BCUT2D eigenvalue weighted by atomic mass is 10.1. The van der Waals surface area contributed by atoms with Gasteiger partial charge in [-0.05, 0) is 0 Å². The molecule has 3 aromatic heterocycles. The highest BCUT2D eigenvalue weighted by atomic mass is 31.2. The van der Waals surface area contributed by atoms with Gasteiger partial charge in [0.25, 0.3) is 0 Å². The number of hydrogen-bond donors (Lipinski definition) is 4. The summed E-state index contributed by atoms with van der Waals surface area (Å²) in [4.78, 5) is 35.8. The number of aryl methyl sites for hydroxylation is 2. The van der Waals surface area contributed by atoms with Crippen molar-refractivity contribution in [3.8, 4) is 22.6 Å². The van der Waals surface area contributed by atoms with Gasteiger partial charge in [0.2, 0.25) is 0 Å². The molecule has 3 rings (SSSR count). The van der Waals surface area contributed by atoms with E-state index in [9.17, 15) is 9.13 Å². The van der Waals surface area contributed by atoms with E-state index in [0.717, 1.165) is 11.1 Å². The quantitative estimate of drug-likeness (QED) is 0.298. The highest BCUT2D eigenvalue weighted by Crippen LogP contribution is 2.34. The summed E-state index contributed by atoms with van der Waals surface area (Å²) in [7, 11) is -8.08. The van der Waals surface area contributed by atoms with Gasteiger partial charge in [0, 0.05) is 41.5 Å². The molecular formula is C17H21N3O7P2+2. The Morgan fingerprint density at radius 2 is 1.24 bits per heavy atom. The summed E-state index contributed by atoms with van der Waals surface area (Å²) in [5, 5.41) is 4.05. The Kier molecular flexibility index (Phi) is 6.43. The molecule has 4 N–H and O–H groups in total.